The Hall–Kier alpha value is -5.71. The fraction of sp³-hybridized carbons (Fsp3) is 0.0690. The van der Waals surface area contributed by atoms with Crippen LogP contribution in [0.2, 0.25) is 0 Å². The zero-order valence-corrected chi connectivity index (χ0v) is 21.5. The van der Waals surface area contributed by atoms with Gasteiger partial charge in [0.05, 0.1) is 11.8 Å². The molecule has 0 fully saturated rings. The topological polar surface area (TPSA) is 143 Å². The standard InChI is InChI=1S/C29H23N7O4/c1-35-12-4-7-22(29(35)38)26(37)34-20-8-10-21(11-9-20)39-27-24-23(17-5-3-6-19(30)13-17)25(18-14-33-36(2)15-18)40-28(24)32-16-31-27/h3-16H,30H2,1-2H3,(H,34,37). The van der Waals surface area contributed by atoms with Crippen LogP contribution in [0.5, 0.6) is 11.6 Å². The maximum Gasteiger partial charge on any atom is 0.263 e. The molecular weight excluding hydrogens is 510 g/mol. The summed E-state index contributed by atoms with van der Waals surface area (Å²) >= 11 is 0. The van der Waals surface area contributed by atoms with E-state index in [1.807, 2.05) is 31.4 Å². The molecule has 6 aromatic rings. The Kier molecular flexibility index (Phi) is 6.08. The van der Waals surface area contributed by atoms with Crippen molar-refractivity contribution in [2.24, 2.45) is 14.1 Å². The number of aryl methyl sites for hydroxylation is 2. The highest BCUT2D eigenvalue weighted by Gasteiger charge is 2.24. The summed E-state index contributed by atoms with van der Waals surface area (Å²) in [5, 5.41) is 7.59. The molecule has 0 saturated heterocycles. The maximum absolute atomic E-state index is 12.6. The quantitative estimate of drug-likeness (QED) is 0.295. The minimum atomic E-state index is -0.500. The number of benzene rings is 2. The predicted molar refractivity (Wildman–Crippen MR) is 150 cm³/mol. The molecule has 40 heavy (non-hydrogen) atoms. The van der Waals surface area contributed by atoms with Gasteiger partial charge in [0.15, 0.2) is 0 Å². The van der Waals surface area contributed by atoms with Crippen molar-refractivity contribution >= 4 is 28.4 Å². The Morgan fingerprint density at radius 1 is 1.02 bits per heavy atom. The van der Waals surface area contributed by atoms with Gasteiger partial charge in [0.25, 0.3) is 11.5 Å². The number of anilines is 2. The number of furan rings is 1. The van der Waals surface area contributed by atoms with E-state index in [9.17, 15) is 9.59 Å². The first-order chi connectivity index (χ1) is 19.4. The van der Waals surface area contributed by atoms with E-state index < -0.39 is 5.91 Å². The van der Waals surface area contributed by atoms with Gasteiger partial charge in [-0.1, -0.05) is 12.1 Å². The van der Waals surface area contributed by atoms with Gasteiger partial charge in [0.2, 0.25) is 11.6 Å². The Morgan fingerprint density at radius 3 is 2.60 bits per heavy atom. The van der Waals surface area contributed by atoms with Crippen LogP contribution in [0.15, 0.2) is 94.8 Å². The van der Waals surface area contributed by atoms with Crippen molar-refractivity contribution < 1.29 is 13.9 Å². The number of aromatic nitrogens is 5. The summed E-state index contributed by atoms with van der Waals surface area (Å²) in [5.74, 6) is 0.812. The summed E-state index contributed by atoms with van der Waals surface area (Å²) in [6.07, 6.45) is 6.51. The van der Waals surface area contributed by atoms with Crippen molar-refractivity contribution in [1.82, 2.24) is 24.3 Å². The van der Waals surface area contributed by atoms with Gasteiger partial charge in [-0.05, 0) is 54.1 Å². The van der Waals surface area contributed by atoms with Crippen LogP contribution < -0.4 is 21.3 Å². The summed E-state index contributed by atoms with van der Waals surface area (Å²) in [6.45, 7) is 0. The molecule has 0 atom stereocenters. The number of carbonyl (C=O) groups is 1. The number of ether oxygens (including phenoxy) is 1. The van der Waals surface area contributed by atoms with Gasteiger partial charge in [-0.25, -0.2) is 9.97 Å². The molecule has 0 aliphatic rings. The van der Waals surface area contributed by atoms with Crippen molar-refractivity contribution in [3.63, 3.8) is 0 Å². The number of rotatable bonds is 6. The summed E-state index contributed by atoms with van der Waals surface area (Å²) in [5.41, 5.74) is 9.50. The van der Waals surface area contributed by atoms with E-state index in [0.717, 1.165) is 16.7 Å². The largest absolute Gasteiger partial charge is 0.438 e. The van der Waals surface area contributed by atoms with Gasteiger partial charge in [-0.2, -0.15) is 5.10 Å². The molecule has 0 spiro atoms. The van der Waals surface area contributed by atoms with Crippen molar-refractivity contribution in [1.29, 1.82) is 0 Å². The fourth-order valence-electron chi connectivity index (χ4n) is 4.38. The number of nitrogens with two attached hydrogens (primary N) is 1. The Morgan fingerprint density at radius 2 is 1.85 bits per heavy atom. The van der Waals surface area contributed by atoms with E-state index in [-0.39, 0.29) is 17.0 Å². The molecular formula is C29H23N7O4. The smallest absolute Gasteiger partial charge is 0.263 e. The molecule has 0 aliphatic carbocycles. The number of hydrogen-bond acceptors (Lipinski definition) is 8. The molecule has 4 aromatic heterocycles. The lowest BCUT2D eigenvalue weighted by Crippen LogP contribution is -2.26. The van der Waals surface area contributed by atoms with Crippen molar-refractivity contribution in [3.8, 4) is 34.1 Å². The lowest BCUT2D eigenvalue weighted by atomic mass is 10.0. The highest BCUT2D eigenvalue weighted by atomic mass is 16.5. The Balaban J connectivity index is 1.35. The highest BCUT2D eigenvalue weighted by molar-refractivity contribution is 6.04. The SMILES string of the molecule is Cn1cc(-c2oc3ncnc(Oc4ccc(NC(=O)c5cccn(C)c5=O)cc4)c3c2-c2cccc(N)c2)cn1. The van der Waals surface area contributed by atoms with Gasteiger partial charge in [0.1, 0.15) is 28.8 Å². The Labute approximate surface area is 227 Å². The van der Waals surface area contributed by atoms with Crippen LogP contribution in [0.4, 0.5) is 11.4 Å². The van der Waals surface area contributed by atoms with E-state index in [0.29, 0.717) is 34.0 Å². The van der Waals surface area contributed by atoms with E-state index in [4.69, 9.17) is 14.9 Å². The normalized spacial score (nSPS) is 11.1. The first-order valence-corrected chi connectivity index (χ1v) is 12.2. The van der Waals surface area contributed by atoms with E-state index >= 15 is 0 Å². The van der Waals surface area contributed by atoms with Crippen molar-refractivity contribution in [2.45, 2.75) is 0 Å². The van der Waals surface area contributed by atoms with Gasteiger partial charge in [0, 0.05) is 43.4 Å². The van der Waals surface area contributed by atoms with Crippen LogP contribution in [0.1, 0.15) is 10.4 Å². The number of carbonyl (C=O) groups excluding carboxylic acids is 1. The van der Waals surface area contributed by atoms with Crippen LogP contribution in [-0.2, 0) is 14.1 Å². The summed E-state index contributed by atoms with van der Waals surface area (Å²) in [4.78, 5) is 33.6. The summed E-state index contributed by atoms with van der Waals surface area (Å²) < 4.78 is 15.4. The molecule has 3 N–H and O–H groups in total. The number of nitrogens with one attached hydrogen (secondary N) is 1. The number of pyridine rings is 1. The molecule has 4 heterocycles. The monoisotopic (exact) mass is 533 g/mol. The van der Waals surface area contributed by atoms with Crippen LogP contribution >= 0.6 is 0 Å². The second-order valence-corrected chi connectivity index (χ2v) is 9.11. The lowest BCUT2D eigenvalue weighted by Gasteiger charge is -2.09. The second kappa shape index (κ2) is 9.87. The van der Waals surface area contributed by atoms with Crippen molar-refractivity contribution in [2.75, 3.05) is 11.1 Å². The zero-order chi connectivity index (χ0) is 27.8. The van der Waals surface area contributed by atoms with Crippen LogP contribution in [0.25, 0.3) is 33.6 Å². The molecule has 11 nitrogen and oxygen atoms in total. The maximum atomic E-state index is 12.6. The first-order valence-electron chi connectivity index (χ1n) is 12.2. The fourth-order valence-corrected chi connectivity index (χ4v) is 4.38. The second-order valence-electron chi connectivity index (χ2n) is 9.11. The van der Waals surface area contributed by atoms with E-state index in [2.05, 4.69) is 20.4 Å². The number of nitrogen functional groups attached to an aromatic ring is 1. The molecule has 198 valence electrons. The van der Waals surface area contributed by atoms with Crippen molar-refractivity contribution in [3.05, 3.63) is 101 Å². The van der Waals surface area contributed by atoms with E-state index in [1.54, 1.807) is 60.5 Å². The third-order valence-corrected chi connectivity index (χ3v) is 6.29. The molecule has 2 aromatic carbocycles. The number of amides is 1. The van der Waals surface area contributed by atoms with Gasteiger partial charge in [-0.15, -0.1) is 0 Å². The molecule has 0 bridgehead atoms. The molecule has 0 unspecified atom stereocenters. The highest BCUT2D eigenvalue weighted by Crippen LogP contribution is 2.44. The van der Waals surface area contributed by atoms with Crippen LogP contribution in [-0.4, -0.2) is 30.2 Å². The number of nitrogens with zero attached hydrogens (tertiary/aromatic N) is 5. The van der Waals surface area contributed by atoms with Gasteiger partial charge >= 0.3 is 0 Å². The number of fused-ring (bicyclic) bond motifs is 1. The first kappa shape index (κ1) is 24.6. The minimum Gasteiger partial charge on any atom is -0.438 e. The lowest BCUT2D eigenvalue weighted by molar-refractivity contribution is 0.102. The third kappa shape index (κ3) is 4.56. The molecule has 6 rings (SSSR count). The summed E-state index contributed by atoms with van der Waals surface area (Å²) in [6, 6.07) is 17.3. The summed E-state index contributed by atoms with van der Waals surface area (Å²) in [7, 11) is 3.42. The van der Waals surface area contributed by atoms with Crippen LogP contribution in [0, 0.1) is 0 Å². The molecule has 1 amide bonds. The third-order valence-electron chi connectivity index (χ3n) is 6.29. The average molecular weight is 534 g/mol. The van der Waals surface area contributed by atoms with Gasteiger partial charge < -0.3 is 24.8 Å². The molecule has 11 heteroatoms. The predicted octanol–water partition coefficient (Wildman–Crippen LogP) is 4.62. The van der Waals surface area contributed by atoms with Crippen LogP contribution in [0.3, 0.4) is 0 Å². The average Bonchev–Trinajstić information content (AvgIpc) is 3.55. The van der Waals surface area contributed by atoms with E-state index in [1.165, 1.54) is 17.0 Å². The molecule has 0 aliphatic heterocycles. The Bertz CT molecular complexity index is 1940. The number of hydrogen-bond donors (Lipinski definition) is 2. The molecule has 0 saturated carbocycles. The zero-order valence-electron chi connectivity index (χ0n) is 21.5. The van der Waals surface area contributed by atoms with Gasteiger partial charge in [-0.3, -0.25) is 14.3 Å². The minimum absolute atomic E-state index is 0.0483. The molecule has 0 radical (unpaired) electrons.